The van der Waals surface area contributed by atoms with Crippen molar-refractivity contribution >= 4 is 0 Å². The predicted octanol–water partition coefficient (Wildman–Crippen LogP) is 4.14. The zero-order valence-corrected chi connectivity index (χ0v) is 13.7. The summed E-state index contributed by atoms with van der Waals surface area (Å²) in [5.41, 5.74) is 0.540. The molecule has 0 aromatic rings. The van der Waals surface area contributed by atoms with Crippen LogP contribution < -0.4 is 5.32 Å². The highest BCUT2D eigenvalue weighted by molar-refractivity contribution is 4.95. The third-order valence-electron chi connectivity index (χ3n) is 6.42. The van der Waals surface area contributed by atoms with Crippen molar-refractivity contribution in [3.8, 4) is 0 Å². The number of ether oxygens (including phenoxy) is 1. The molecule has 3 fully saturated rings. The molecule has 0 amide bonds. The SMILES string of the molecule is CCC(C)(C)C1CCC(NC2CCOC2C2CC2)CC1. The summed E-state index contributed by atoms with van der Waals surface area (Å²) in [7, 11) is 0. The molecular weight excluding hydrogens is 246 g/mol. The van der Waals surface area contributed by atoms with E-state index in [2.05, 4.69) is 26.1 Å². The zero-order valence-electron chi connectivity index (χ0n) is 13.7. The van der Waals surface area contributed by atoms with Gasteiger partial charge in [-0.2, -0.15) is 0 Å². The molecule has 2 atom stereocenters. The number of nitrogens with one attached hydrogen (secondary N) is 1. The summed E-state index contributed by atoms with van der Waals surface area (Å²) >= 11 is 0. The molecule has 2 heteroatoms. The second kappa shape index (κ2) is 5.96. The van der Waals surface area contributed by atoms with E-state index in [1.807, 2.05) is 0 Å². The fourth-order valence-electron chi connectivity index (χ4n) is 4.31. The molecule has 2 nitrogen and oxygen atoms in total. The Hall–Kier alpha value is -0.0800. The zero-order chi connectivity index (χ0) is 14.2. The van der Waals surface area contributed by atoms with E-state index in [1.165, 1.54) is 51.4 Å². The minimum Gasteiger partial charge on any atom is -0.376 e. The molecule has 3 aliphatic rings. The van der Waals surface area contributed by atoms with Crippen molar-refractivity contribution in [3.63, 3.8) is 0 Å². The van der Waals surface area contributed by atoms with Crippen LogP contribution in [0, 0.1) is 17.3 Å². The van der Waals surface area contributed by atoms with Gasteiger partial charge in [-0.3, -0.25) is 0 Å². The van der Waals surface area contributed by atoms with E-state index in [1.54, 1.807) is 0 Å². The Morgan fingerprint density at radius 2 is 1.70 bits per heavy atom. The van der Waals surface area contributed by atoms with Crippen LogP contribution in [0.4, 0.5) is 0 Å². The molecule has 0 radical (unpaired) electrons. The van der Waals surface area contributed by atoms with Gasteiger partial charge >= 0.3 is 0 Å². The van der Waals surface area contributed by atoms with Crippen molar-refractivity contribution in [2.45, 2.75) is 90.3 Å². The molecule has 0 bridgehead atoms. The summed E-state index contributed by atoms with van der Waals surface area (Å²) < 4.78 is 5.96. The lowest BCUT2D eigenvalue weighted by atomic mass is 9.69. The van der Waals surface area contributed by atoms with Crippen LogP contribution >= 0.6 is 0 Å². The third kappa shape index (κ3) is 3.22. The van der Waals surface area contributed by atoms with E-state index >= 15 is 0 Å². The van der Waals surface area contributed by atoms with Gasteiger partial charge in [0.25, 0.3) is 0 Å². The van der Waals surface area contributed by atoms with Crippen LogP contribution in [-0.2, 0) is 4.74 Å². The first-order valence-corrected chi connectivity index (χ1v) is 8.98. The topological polar surface area (TPSA) is 21.3 Å². The fourth-order valence-corrected chi connectivity index (χ4v) is 4.31. The maximum Gasteiger partial charge on any atom is 0.0757 e. The molecule has 2 unspecified atom stereocenters. The molecule has 1 saturated heterocycles. The van der Waals surface area contributed by atoms with Crippen LogP contribution in [0.3, 0.4) is 0 Å². The summed E-state index contributed by atoms with van der Waals surface area (Å²) in [6.07, 6.45) is 11.5. The van der Waals surface area contributed by atoms with Gasteiger partial charge in [-0.05, 0) is 62.2 Å². The monoisotopic (exact) mass is 279 g/mol. The molecule has 1 aliphatic heterocycles. The molecule has 0 aromatic heterocycles. The van der Waals surface area contributed by atoms with Gasteiger partial charge in [0.2, 0.25) is 0 Å². The van der Waals surface area contributed by atoms with Crippen LogP contribution in [0.2, 0.25) is 0 Å². The number of hydrogen-bond acceptors (Lipinski definition) is 2. The summed E-state index contributed by atoms with van der Waals surface area (Å²) in [4.78, 5) is 0. The highest BCUT2D eigenvalue weighted by atomic mass is 16.5. The van der Waals surface area contributed by atoms with Gasteiger partial charge in [-0.15, -0.1) is 0 Å². The lowest BCUT2D eigenvalue weighted by molar-refractivity contribution is 0.0737. The Bertz CT molecular complexity index is 315. The summed E-state index contributed by atoms with van der Waals surface area (Å²) in [5, 5.41) is 3.95. The molecule has 116 valence electrons. The van der Waals surface area contributed by atoms with E-state index in [0.717, 1.165) is 24.5 Å². The molecule has 2 aliphatic carbocycles. The maximum atomic E-state index is 5.96. The van der Waals surface area contributed by atoms with Gasteiger partial charge in [0.05, 0.1) is 6.10 Å². The molecule has 20 heavy (non-hydrogen) atoms. The maximum absolute atomic E-state index is 5.96. The van der Waals surface area contributed by atoms with E-state index in [9.17, 15) is 0 Å². The van der Waals surface area contributed by atoms with Gasteiger partial charge in [-0.25, -0.2) is 0 Å². The molecule has 0 aromatic carbocycles. The van der Waals surface area contributed by atoms with Gasteiger partial charge in [0.15, 0.2) is 0 Å². The largest absolute Gasteiger partial charge is 0.376 e. The van der Waals surface area contributed by atoms with Crippen molar-refractivity contribution < 1.29 is 4.74 Å². The molecule has 1 N–H and O–H groups in total. The average Bonchev–Trinajstić information content (AvgIpc) is 3.20. The van der Waals surface area contributed by atoms with Gasteiger partial charge in [0, 0.05) is 18.7 Å². The van der Waals surface area contributed by atoms with Gasteiger partial charge in [-0.1, -0.05) is 27.2 Å². The van der Waals surface area contributed by atoms with Gasteiger partial charge in [0.1, 0.15) is 0 Å². The van der Waals surface area contributed by atoms with Crippen LogP contribution in [0.25, 0.3) is 0 Å². The Morgan fingerprint density at radius 3 is 2.30 bits per heavy atom. The highest BCUT2D eigenvalue weighted by Gasteiger charge is 2.41. The Morgan fingerprint density at radius 1 is 1.00 bits per heavy atom. The number of rotatable bonds is 5. The Kier molecular flexibility index (Phi) is 4.42. The lowest BCUT2D eigenvalue weighted by Gasteiger charge is -2.40. The normalized spacial score (nSPS) is 39.1. The number of hydrogen-bond donors (Lipinski definition) is 1. The first kappa shape index (κ1) is 14.8. The molecule has 0 spiro atoms. The highest BCUT2D eigenvalue weighted by Crippen LogP contribution is 2.42. The quantitative estimate of drug-likeness (QED) is 0.816. The summed E-state index contributed by atoms with van der Waals surface area (Å²) in [6.45, 7) is 8.25. The van der Waals surface area contributed by atoms with E-state index in [0.29, 0.717) is 17.6 Å². The second-order valence-electron chi connectivity index (χ2n) is 8.13. The van der Waals surface area contributed by atoms with Crippen molar-refractivity contribution in [1.82, 2.24) is 5.32 Å². The van der Waals surface area contributed by atoms with E-state index in [4.69, 9.17) is 4.74 Å². The molecule has 2 saturated carbocycles. The van der Waals surface area contributed by atoms with Crippen LogP contribution in [0.1, 0.15) is 72.1 Å². The minimum atomic E-state index is 0.540. The standard InChI is InChI=1S/C18H33NO/c1-4-18(2,3)14-7-9-15(10-8-14)19-16-11-12-20-17(16)13-5-6-13/h13-17,19H,4-12H2,1-3H3. The predicted molar refractivity (Wildman–Crippen MR) is 83.8 cm³/mol. The van der Waals surface area contributed by atoms with Crippen molar-refractivity contribution in [2.75, 3.05) is 6.61 Å². The van der Waals surface area contributed by atoms with Gasteiger partial charge < -0.3 is 10.1 Å². The first-order valence-electron chi connectivity index (χ1n) is 8.98. The molecule has 3 rings (SSSR count). The fraction of sp³-hybridized carbons (Fsp3) is 1.00. The Balaban J connectivity index is 1.46. The van der Waals surface area contributed by atoms with Crippen LogP contribution in [-0.4, -0.2) is 24.8 Å². The van der Waals surface area contributed by atoms with Crippen LogP contribution in [0.5, 0.6) is 0 Å². The Labute approximate surface area is 125 Å². The van der Waals surface area contributed by atoms with E-state index < -0.39 is 0 Å². The van der Waals surface area contributed by atoms with Crippen molar-refractivity contribution in [3.05, 3.63) is 0 Å². The summed E-state index contributed by atoms with van der Waals surface area (Å²) in [5.74, 6) is 1.81. The molecular formula is C18H33NO. The lowest BCUT2D eigenvalue weighted by Crippen LogP contribution is -2.46. The molecule has 1 heterocycles. The van der Waals surface area contributed by atoms with Crippen LogP contribution in [0.15, 0.2) is 0 Å². The van der Waals surface area contributed by atoms with E-state index in [-0.39, 0.29) is 0 Å². The smallest absolute Gasteiger partial charge is 0.0757 e. The van der Waals surface area contributed by atoms with Crippen molar-refractivity contribution in [2.24, 2.45) is 17.3 Å². The van der Waals surface area contributed by atoms with Crippen molar-refractivity contribution in [1.29, 1.82) is 0 Å². The minimum absolute atomic E-state index is 0.540. The third-order valence-corrected chi connectivity index (χ3v) is 6.42. The second-order valence-corrected chi connectivity index (χ2v) is 8.13. The average molecular weight is 279 g/mol. The first-order chi connectivity index (χ1) is 9.60. The summed E-state index contributed by atoms with van der Waals surface area (Å²) in [6, 6.07) is 1.41.